The van der Waals surface area contributed by atoms with Crippen molar-refractivity contribution in [1.29, 1.82) is 0 Å². The highest BCUT2D eigenvalue weighted by molar-refractivity contribution is 8.18. The van der Waals surface area contributed by atoms with Crippen molar-refractivity contribution in [3.8, 4) is 0 Å². The fraction of sp³-hybridized carbons (Fsp3) is 0.0667. The van der Waals surface area contributed by atoms with E-state index in [1.807, 2.05) is 17.5 Å². The molecule has 2 amide bonds. The molecule has 1 aliphatic rings. The van der Waals surface area contributed by atoms with E-state index in [1.165, 1.54) is 29.5 Å². The van der Waals surface area contributed by atoms with Crippen molar-refractivity contribution in [2.24, 2.45) is 0 Å². The topological polar surface area (TPSA) is 80.5 Å². The molecular weight excluding hydrogens is 336 g/mol. The van der Waals surface area contributed by atoms with Crippen LogP contribution < -0.4 is 0 Å². The molecule has 0 aliphatic carbocycles. The molecular formula is C15H10N2O4S2. The van der Waals surface area contributed by atoms with Crippen molar-refractivity contribution < 1.29 is 14.5 Å². The van der Waals surface area contributed by atoms with Gasteiger partial charge < -0.3 is 0 Å². The Bertz CT molecular complexity index is 815. The van der Waals surface area contributed by atoms with Gasteiger partial charge in [0, 0.05) is 17.0 Å². The summed E-state index contributed by atoms with van der Waals surface area (Å²) in [5.74, 6) is -0.375. The predicted octanol–water partition coefficient (Wildman–Crippen LogP) is 3.89. The third-order valence-electron chi connectivity index (χ3n) is 3.15. The number of nitrogens with zero attached hydrogens (tertiary/aromatic N) is 2. The number of nitro benzene ring substituents is 1. The van der Waals surface area contributed by atoms with Gasteiger partial charge in [-0.1, -0.05) is 18.2 Å². The Labute approximate surface area is 139 Å². The molecule has 116 valence electrons. The SMILES string of the molecule is O=C1S/C(=C\c2cccs2)C(=O)N1Cc1cccc([N+](=O)[O-])c1. The van der Waals surface area contributed by atoms with Crippen LogP contribution >= 0.6 is 23.1 Å². The maximum Gasteiger partial charge on any atom is 0.293 e. The van der Waals surface area contributed by atoms with E-state index >= 15 is 0 Å². The smallest absolute Gasteiger partial charge is 0.268 e. The lowest BCUT2D eigenvalue weighted by atomic mass is 10.2. The van der Waals surface area contributed by atoms with Crippen LogP contribution in [0.3, 0.4) is 0 Å². The molecule has 1 saturated heterocycles. The van der Waals surface area contributed by atoms with Crippen LogP contribution in [0.15, 0.2) is 46.7 Å². The largest absolute Gasteiger partial charge is 0.293 e. The standard InChI is InChI=1S/C15H10N2O4S2/c18-14-13(8-12-5-2-6-22-12)23-15(19)16(14)9-10-3-1-4-11(7-10)17(20)21/h1-8H,9H2/b13-8-. The van der Waals surface area contributed by atoms with Crippen molar-refractivity contribution in [2.45, 2.75) is 6.54 Å². The molecule has 23 heavy (non-hydrogen) atoms. The number of carbonyl (C=O) groups excluding carboxylic acids is 2. The third kappa shape index (κ3) is 3.33. The molecule has 1 aromatic carbocycles. The molecule has 8 heteroatoms. The van der Waals surface area contributed by atoms with E-state index in [4.69, 9.17) is 0 Å². The molecule has 0 radical (unpaired) electrons. The Morgan fingerprint density at radius 1 is 1.22 bits per heavy atom. The average Bonchev–Trinajstić information content (AvgIpc) is 3.12. The lowest BCUT2D eigenvalue weighted by Crippen LogP contribution is -2.27. The number of nitro groups is 1. The minimum Gasteiger partial charge on any atom is -0.268 e. The number of amides is 2. The monoisotopic (exact) mass is 346 g/mol. The van der Waals surface area contributed by atoms with Gasteiger partial charge in [-0.25, -0.2) is 0 Å². The van der Waals surface area contributed by atoms with Crippen molar-refractivity contribution >= 4 is 46.0 Å². The van der Waals surface area contributed by atoms with E-state index in [0.717, 1.165) is 21.5 Å². The number of thiophene rings is 1. The van der Waals surface area contributed by atoms with Crippen LogP contribution in [0, 0.1) is 10.1 Å². The van der Waals surface area contributed by atoms with Crippen molar-refractivity contribution in [1.82, 2.24) is 4.90 Å². The summed E-state index contributed by atoms with van der Waals surface area (Å²) in [6.07, 6.45) is 1.68. The zero-order chi connectivity index (χ0) is 16.4. The summed E-state index contributed by atoms with van der Waals surface area (Å²) in [5, 5.41) is 12.3. The minimum atomic E-state index is -0.506. The van der Waals surface area contributed by atoms with Gasteiger partial charge in [-0.15, -0.1) is 11.3 Å². The highest BCUT2D eigenvalue weighted by Crippen LogP contribution is 2.34. The Kier molecular flexibility index (Phi) is 4.26. The number of thioether (sulfide) groups is 1. The van der Waals surface area contributed by atoms with Gasteiger partial charge in [0.1, 0.15) is 0 Å². The number of imide groups is 1. The van der Waals surface area contributed by atoms with Crippen LogP contribution in [0.25, 0.3) is 6.08 Å². The maximum atomic E-state index is 12.4. The molecule has 0 N–H and O–H groups in total. The van der Waals surface area contributed by atoms with Crippen LogP contribution in [0.2, 0.25) is 0 Å². The van der Waals surface area contributed by atoms with Crippen molar-refractivity contribution in [3.05, 3.63) is 67.2 Å². The van der Waals surface area contributed by atoms with E-state index in [1.54, 1.807) is 12.1 Å². The second-order valence-corrected chi connectivity index (χ2v) is 6.68. The zero-order valence-corrected chi connectivity index (χ0v) is 13.3. The van der Waals surface area contributed by atoms with Crippen molar-refractivity contribution in [2.75, 3.05) is 0 Å². The van der Waals surface area contributed by atoms with E-state index in [9.17, 15) is 19.7 Å². The summed E-state index contributed by atoms with van der Waals surface area (Å²) >= 11 is 2.36. The summed E-state index contributed by atoms with van der Waals surface area (Å²) < 4.78 is 0. The Morgan fingerprint density at radius 2 is 2.04 bits per heavy atom. The van der Waals surface area contributed by atoms with Gasteiger partial charge >= 0.3 is 0 Å². The summed E-state index contributed by atoms with van der Waals surface area (Å²) in [6, 6.07) is 9.65. The Balaban J connectivity index is 1.81. The van der Waals surface area contributed by atoms with Crippen LogP contribution in [0.5, 0.6) is 0 Å². The number of benzene rings is 1. The average molecular weight is 346 g/mol. The molecule has 2 heterocycles. The van der Waals surface area contributed by atoms with Gasteiger partial charge in [0.2, 0.25) is 0 Å². The van der Waals surface area contributed by atoms with Gasteiger partial charge in [0.25, 0.3) is 16.8 Å². The molecule has 0 unspecified atom stereocenters. The lowest BCUT2D eigenvalue weighted by molar-refractivity contribution is -0.384. The second-order valence-electron chi connectivity index (χ2n) is 4.71. The van der Waals surface area contributed by atoms with E-state index in [0.29, 0.717) is 10.5 Å². The highest BCUT2D eigenvalue weighted by atomic mass is 32.2. The molecule has 0 spiro atoms. The quantitative estimate of drug-likeness (QED) is 0.476. The Morgan fingerprint density at radius 3 is 2.74 bits per heavy atom. The zero-order valence-electron chi connectivity index (χ0n) is 11.7. The summed E-state index contributed by atoms with van der Waals surface area (Å²) in [4.78, 5) is 37.0. The number of rotatable bonds is 4. The van der Waals surface area contributed by atoms with Gasteiger partial charge in [0.05, 0.1) is 16.4 Å². The maximum absolute atomic E-state index is 12.4. The summed E-state index contributed by atoms with van der Waals surface area (Å²) in [7, 11) is 0. The van der Waals surface area contributed by atoms with Crippen LogP contribution in [0.4, 0.5) is 10.5 Å². The first-order valence-corrected chi connectivity index (χ1v) is 8.26. The van der Waals surface area contributed by atoms with Gasteiger partial charge in [-0.3, -0.25) is 24.6 Å². The molecule has 6 nitrogen and oxygen atoms in total. The first-order chi connectivity index (χ1) is 11.0. The normalized spacial score (nSPS) is 16.3. The van der Waals surface area contributed by atoms with Crippen LogP contribution in [0.1, 0.15) is 10.4 Å². The van der Waals surface area contributed by atoms with Gasteiger partial charge in [-0.05, 0) is 34.8 Å². The summed E-state index contributed by atoms with van der Waals surface area (Å²) in [5.41, 5.74) is 0.475. The van der Waals surface area contributed by atoms with Gasteiger partial charge in [0.15, 0.2) is 0 Å². The molecule has 0 atom stereocenters. The molecule has 1 aromatic heterocycles. The second kappa shape index (κ2) is 6.35. The molecule has 2 aromatic rings. The van der Waals surface area contributed by atoms with E-state index in [-0.39, 0.29) is 23.4 Å². The first kappa shape index (κ1) is 15.4. The fourth-order valence-electron chi connectivity index (χ4n) is 2.09. The third-order valence-corrected chi connectivity index (χ3v) is 4.88. The van der Waals surface area contributed by atoms with Crippen LogP contribution in [-0.2, 0) is 11.3 Å². The molecule has 1 fully saturated rings. The predicted molar refractivity (Wildman–Crippen MR) is 88.9 cm³/mol. The lowest BCUT2D eigenvalue weighted by Gasteiger charge is -2.12. The van der Waals surface area contributed by atoms with E-state index < -0.39 is 4.92 Å². The van der Waals surface area contributed by atoms with Crippen LogP contribution in [-0.4, -0.2) is 21.0 Å². The minimum absolute atomic E-state index is 0.0220. The number of non-ortho nitro benzene ring substituents is 1. The number of hydrogen-bond donors (Lipinski definition) is 0. The fourth-order valence-corrected chi connectivity index (χ4v) is 3.65. The number of hydrogen-bond acceptors (Lipinski definition) is 6. The molecule has 0 saturated carbocycles. The van der Waals surface area contributed by atoms with Gasteiger partial charge in [-0.2, -0.15) is 0 Å². The highest BCUT2D eigenvalue weighted by Gasteiger charge is 2.35. The van der Waals surface area contributed by atoms with Crippen molar-refractivity contribution in [3.63, 3.8) is 0 Å². The van der Waals surface area contributed by atoms with E-state index in [2.05, 4.69) is 0 Å². The molecule has 1 aliphatic heterocycles. The number of carbonyl (C=O) groups is 2. The first-order valence-electron chi connectivity index (χ1n) is 6.57. The Hall–Kier alpha value is -2.45. The molecule has 0 bridgehead atoms. The molecule has 3 rings (SSSR count). The summed E-state index contributed by atoms with van der Waals surface area (Å²) in [6.45, 7) is 0.0220.